The van der Waals surface area contributed by atoms with Gasteiger partial charge in [-0.1, -0.05) is 105 Å². The number of unbranched alkanes of at least 4 members (excludes halogenated alkanes) is 12. The maximum Gasteiger partial charge on any atom is 0.161 e. The zero-order valence-electron chi connectivity index (χ0n) is 40.6. The minimum Gasteiger partial charge on any atom is -0.490 e. The van der Waals surface area contributed by atoms with Crippen molar-refractivity contribution in [1.29, 1.82) is 0 Å². The predicted molar refractivity (Wildman–Crippen MR) is 293 cm³/mol. The molecule has 0 saturated heterocycles. The van der Waals surface area contributed by atoms with Gasteiger partial charge < -0.3 is 37.9 Å². The summed E-state index contributed by atoms with van der Waals surface area (Å²) in [6.07, 6.45) is 18.0. The van der Waals surface area contributed by atoms with E-state index in [4.69, 9.17) is 37.9 Å². The molecular weight excluding hydrogens is 1050 g/mol. The fourth-order valence-corrected chi connectivity index (χ4v) is 10.0. The van der Waals surface area contributed by atoms with E-state index in [0.717, 1.165) is 147 Å². The van der Waals surface area contributed by atoms with Crippen molar-refractivity contribution in [3.05, 3.63) is 55.7 Å². The molecule has 0 spiro atoms. The minimum absolute atomic E-state index is 0.442. The first kappa shape index (κ1) is 52.2. The third-order valence-electron chi connectivity index (χ3n) is 12.3. The number of hydrogen-bond acceptors (Lipinski definition) is 8. The number of hydrogen-bond donors (Lipinski definition) is 0. The van der Waals surface area contributed by atoms with Gasteiger partial charge in [-0.15, -0.1) is 0 Å². The van der Waals surface area contributed by atoms with Gasteiger partial charge in [0.25, 0.3) is 0 Å². The zero-order valence-corrected chi connectivity index (χ0v) is 44.9. The molecule has 0 aromatic heterocycles. The molecule has 0 heterocycles. The molecule has 0 radical (unpaired) electrons. The van der Waals surface area contributed by atoms with E-state index >= 15 is 0 Å². The average Bonchev–Trinajstić information content (AvgIpc) is 3.32. The summed E-state index contributed by atoms with van der Waals surface area (Å²) in [6, 6.07) is 18.0. The van der Waals surface area contributed by atoms with Crippen LogP contribution in [0.5, 0.6) is 34.5 Å². The monoisotopic (exact) mass is 1130 g/mol. The van der Waals surface area contributed by atoms with Crippen LogP contribution in [0.15, 0.2) is 48.5 Å². The fourth-order valence-electron chi connectivity index (χ4n) is 8.76. The third kappa shape index (κ3) is 13.5. The molecule has 0 saturated carbocycles. The van der Waals surface area contributed by atoms with Gasteiger partial charge in [-0.2, -0.15) is 0 Å². The van der Waals surface area contributed by atoms with E-state index in [9.17, 15) is 0 Å². The molecule has 6 aromatic rings. The number of fused-ring (bicyclic) bond motifs is 11. The highest BCUT2D eigenvalue weighted by Gasteiger charge is 2.23. The Bertz CT molecular complexity index is 2300. The van der Waals surface area contributed by atoms with Gasteiger partial charge in [-0.25, -0.2) is 0 Å². The van der Waals surface area contributed by atoms with Crippen molar-refractivity contribution in [2.24, 2.45) is 0 Å². The first-order valence-corrected chi connectivity index (χ1v) is 27.1. The molecule has 8 nitrogen and oxygen atoms in total. The van der Waals surface area contributed by atoms with Gasteiger partial charge in [0, 0.05) is 14.2 Å². The van der Waals surface area contributed by atoms with Crippen LogP contribution in [0, 0.1) is 7.14 Å². The lowest BCUT2D eigenvalue weighted by atomic mass is 9.86. The topological polar surface area (TPSA) is 73.8 Å². The first-order chi connectivity index (χ1) is 32.4. The van der Waals surface area contributed by atoms with E-state index in [0.29, 0.717) is 52.9 Å². The van der Waals surface area contributed by atoms with E-state index in [1.807, 2.05) is 0 Å². The SMILES string of the molecule is CCCCCCOc1cc2c3cc(I)c(OCCOC)cc3c3c4cc(OCCCCCC)c(OCCCCCC)cc4c4cc(I)c(OCCOC)cc4c3c2cc1OCCCCCC. The largest absolute Gasteiger partial charge is 0.490 e. The summed E-state index contributed by atoms with van der Waals surface area (Å²) in [6.45, 7) is 13.4. The molecule has 6 rings (SSSR count). The van der Waals surface area contributed by atoms with Crippen LogP contribution in [-0.2, 0) is 9.47 Å². The van der Waals surface area contributed by atoms with Gasteiger partial charge in [-0.3, -0.25) is 0 Å². The molecular formula is C56H74I2O8. The fraction of sp³-hybridized carbons (Fsp3) is 0.536. The van der Waals surface area contributed by atoms with Crippen LogP contribution in [0.3, 0.4) is 0 Å². The Kier molecular flexibility index (Phi) is 21.9. The molecule has 0 aliphatic rings. The summed E-state index contributed by atoms with van der Waals surface area (Å²) < 4.78 is 52.8. The van der Waals surface area contributed by atoms with Gasteiger partial charge in [0.15, 0.2) is 23.0 Å². The zero-order chi connectivity index (χ0) is 46.7. The normalized spacial score (nSPS) is 11.7. The van der Waals surface area contributed by atoms with Crippen LogP contribution >= 0.6 is 45.2 Å². The molecule has 6 aromatic carbocycles. The maximum absolute atomic E-state index is 6.77. The molecule has 0 N–H and O–H groups in total. The summed E-state index contributed by atoms with van der Waals surface area (Å²) in [7, 11) is 3.42. The lowest BCUT2D eigenvalue weighted by Crippen LogP contribution is -2.06. The lowest BCUT2D eigenvalue weighted by molar-refractivity contribution is 0.146. The molecule has 10 heteroatoms. The molecule has 0 bridgehead atoms. The summed E-state index contributed by atoms with van der Waals surface area (Å²) in [5.41, 5.74) is 0. The van der Waals surface area contributed by atoms with Crippen LogP contribution in [-0.4, -0.2) is 67.1 Å². The number of ether oxygens (including phenoxy) is 8. The second-order valence-corrected chi connectivity index (χ2v) is 19.7. The minimum atomic E-state index is 0.442. The molecule has 0 amide bonds. The second-order valence-electron chi connectivity index (χ2n) is 17.4. The number of halogens is 2. The van der Waals surface area contributed by atoms with Crippen LogP contribution in [0.25, 0.3) is 53.9 Å². The van der Waals surface area contributed by atoms with Crippen LogP contribution in [0.4, 0.5) is 0 Å². The summed E-state index contributed by atoms with van der Waals surface area (Å²) >= 11 is 4.84. The smallest absolute Gasteiger partial charge is 0.161 e. The molecule has 0 atom stereocenters. The summed E-state index contributed by atoms with van der Waals surface area (Å²) in [5.74, 6) is 4.77. The second kappa shape index (κ2) is 27.7. The highest BCUT2D eigenvalue weighted by molar-refractivity contribution is 14.1. The Hall–Kier alpha value is -3.20. The number of benzene rings is 6. The van der Waals surface area contributed by atoms with Crippen molar-refractivity contribution in [2.75, 3.05) is 67.1 Å². The van der Waals surface area contributed by atoms with Crippen molar-refractivity contribution in [3.63, 3.8) is 0 Å². The van der Waals surface area contributed by atoms with Gasteiger partial charge in [-0.05, 0) is 173 Å². The third-order valence-corrected chi connectivity index (χ3v) is 14.0. The molecule has 66 heavy (non-hydrogen) atoms. The van der Waals surface area contributed by atoms with E-state index < -0.39 is 0 Å². The van der Waals surface area contributed by atoms with Gasteiger partial charge in [0.2, 0.25) is 0 Å². The molecule has 0 aliphatic carbocycles. The van der Waals surface area contributed by atoms with Gasteiger partial charge >= 0.3 is 0 Å². The Balaban J connectivity index is 1.73. The predicted octanol–water partition coefficient (Wildman–Crippen LogP) is 16.5. The van der Waals surface area contributed by atoms with Crippen molar-refractivity contribution >= 4 is 99.0 Å². The van der Waals surface area contributed by atoms with Crippen molar-refractivity contribution < 1.29 is 37.9 Å². The van der Waals surface area contributed by atoms with Gasteiger partial charge in [0.1, 0.15) is 24.7 Å². The standard InChI is InChI=1S/C56H74I2O8/c1-7-11-15-19-23-61-51-33-41-39-31-47(57)49(65-29-27-59-5)35-43(39)56-46-38-54(64-26-22-18-14-10-4)52(62-24-20-16-12-8-2)34-42(46)40-32-48(58)50(66-30-28-60-6)36-44(40)55(56)45(41)37-53(51)63-25-21-17-13-9-3/h31-38H,7-30H2,1-6H3. The van der Waals surface area contributed by atoms with E-state index in [-0.39, 0.29) is 0 Å². The van der Waals surface area contributed by atoms with Crippen LogP contribution in [0.2, 0.25) is 0 Å². The maximum atomic E-state index is 6.77. The Morgan fingerprint density at radius 3 is 0.833 bits per heavy atom. The Labute approximate surface area is 421 Å². The van der Waals surface area contributed by atoms with Crippen molar-refractivity contribution in [3.8, 4) is 34.5 Å². The Morgan fingerprint density at radius 2 is 0.545 bits per heavy atom. The van der Waals surface area contributed by atoms with Crippen molar-refractivity contribution in [1.82, 2.24) is 0 Å². The summed E-state index contributed by atoms with van der Waals surface area (Å²) in [5, 5.41) is 11.0. The number of rotatable bonds is 32. The van der Waals surface area contributed by atoms with E-state index in [1.54, 1.807) is 14.2 Å². The molecule has 0 aliphatic heterocycles. The average molecular weight is 1130 g/mol. The highest BCUT2D eigenvalue weighted by Crippen LogP contribution is 2.51. The van der Waals surface area contributed by atoms with Gasteiger partial charge in [0.05, 0.1) is 46.8 Å². The molecule has 360 valence electrons. The molecule has 0 fully saturated rings. The first-order valence-electron chi connectivity index (χ1n) is 24.9. The van der Waals surface area contributed by atoms with Crippen LogP contribution < -0.4 is 28.4 Å². The van der Waals surface area contributed by atoms with E-state index in [2.05, 4.69) is 121 Å². The van der Waals surface area contributed by atoms with Crippen LogP contribution in [0.1, 0.15) is 130 Å². The lowest BCUT2D eigenvalue weighted by Gasteiger charge is -2.22. The van der Waals surface area contributed by atoms with E-state index in [1.165, 1.54) is 51.4 Å². The quantitative estimate of drug-likeness (QED) is 0.0235. The Morgan fingerprint density at radius 1 is 0.288 bits per heavy atom. The molecule has 0 unspecified atom stereocenters. The van der Waals surface area contributed by atoms with Crippen molar-refractivity contribution in [2.45, 2.75) is 130 Å². The summed E-state index contributed by atoms with van der Waals surface area (Å²) in [4.78, 5) is 0. The number of methoxy groups -OCH3 is 2. The highest BCUT2D eigenvalue weighted by atomic mass is 127.